The molecule has 0 bridgehead atoms. The van der Waals surface area contributed by atoms with Gasteiger partial charge in [0.2, 0.25) is 0 Å². The summed E-state index contributed by atoms with van der Waals surface area (Å²) >= 11 is 3.55. The number of ether oxygens (including phenoxy) is 1. The Balaban J connectivity index is 1.89. The van der Waals surface area contributed by atoms with E-state index in [0.29, 0.717) is 19.0 Å². The monoisotopic (exact) mass is 443 g/mol. The number of piperidine rings is 1. The van der Waals surface area contributed by atoms with Crippen LogP contribution >= 0.6 is 15.9 Å². The van der Waals surface area contributed by atoms with E-state index in [1.165, 1.54) is 11.1 Å². The molecule has 1 fully saturated rings. The molecule has 150 valence electrons. The minimum absolute atomic E-state index is 0.0931. The second-order valence-corrected chi connectivity index (χ2v) is 9.70. The Morgan fingerprint density at radius 1 is 1.14 bits per heavy atom. The lowest BCUT2D eigenvalue weighted by molar-refractivity contribution is 0.0180. The minimum Gasteiger partial charge on any atom is -0.444 e. The average Bonchev–Trinajstić information content (AvgIpc) is 2.86. The molecule has 28 heavy (non-hydrogen) atoms. The molecule has 1 aromatic carbocycles. The van der Waals surface area contributed by atoms with Crippen molar-refractivity contribution in [1.29, 1.82) is 0 Å². The summed E-state index contributed by atoms with van der Waals surface area (Å²) in [7, 11) is 0. The summed E-state index contributed by atoms with van der Waals surface area (Å²) < 4.78 is 6.67. The number of nitrogens with zero attached hydrogens (tertiary/aromatic N) is 1. The van der Waals surface area contributed by atoms with Crippen LogP contribution in [0, 0.1) is 5.92 Å². The van der Waals surface area contributed by atoms with E-state index in [1.54, 1.807) is 0 Å². The van der Waals surface area contributed by atoms with Crippen molar-refractivity contribution in [2.45, 2.75) is 51.6 Å². The summed E-state index contributed by atoms with van der Waals surface area (Å²) in [4.78, 5) is 14.4. The highest BCUT2D eigenvalue weighted by molar-refractivity contribution is 9.10. The maximum Gasteiger partial charge on any atom is 0.410 e. The summed E-state index contributed by atoms with van der Waals surface area (Å²) in [6, 6.07) is 8.63. The van der Waals surface area contributed by atoms with Crippen LogP contribution in [0.1, 0.15) is 46.1 Å². The first-order chi connectivity index (χ1) is 13.2. The third kappa shape index (κ3) is 4.78. The zero-order chi connectivity index (χ0) is 20.4. The summed E-state index contributed by atoms with van der Waals surface area (Å²) in [6.45, 7) is 9.31. The molecule has 0 aromatic heterocycles. The molecule has 0 radical (unpaired) electrons. The number of allylic oxidation sites excluding steroid dienone is 6. The maximum atomic E-state index is 12.5. The van der Waals surface area contributed by atoms with Gasteiger partial charge in [-0.3, -0.25) is 0 Å². The molecule has 1 unspecified atom stereocenters. The van der Waals surface area contributed by atoms with Crippen LogP contribution in [0.5, 0.6) is 0 Å². The Bertz CT molecular complexity index is 791. The molecular formula is C24H30BrNO2. The van der Waals surface area contributed by atoms with Crippen LogP contribution in [0.25, 0.3) is 0 Å². The fraction of sp³-hybridized carbons (Fsp3) is 0.458. The number of amides is 1. The van der Waals surface area contributed by atoms with Crippen molar-refractivity contribution in [1.82, 2.24) is 4.90 Å². The van der Waals surface area contributed by atoms with Crippen molar-refractivity contribution in [3.63, 3.8) is 0 Å². The Kier molecular flexibility index (Phi) is 6.18. The predicted molar refractivity (Wildman–Crippen MR) is 118 cm³/mol. The van der Waals surface area contributed by atoms with E-state index in [9.17, 15) is 4.79 Å². The molecule has 3 rings (SSSR count). The quantitative estimate of drug-likeness (QED) is 0.528. The smallest absolute Gasteiger partial charge is 0.410 e. The van der Waals surface area contributed by atoms with Gasteiger partial charge in [0.1, 0.15) is 5.60 Å². The molecule has 3 nitrogen and oxygen atoms in total. The van der Waals surface area contributed by atoms with Crippen molar-refractivity contribution in [3.05, 3.63) is 70.3 Å². The Hall–Kier alpha value is -1.81. The Labute approximate surface area is 177 Å². The number of carbonyl (C=O) groups excluding carboxylic acids is 1. The van der Waals surface area contributed by atoms with Gasteiger partial charge in [0.25, 0.3) is 0 Å². The number of likely N-dealkylation sites (tertiary alicyclic amines) is 1. The molecule has 1 heterocycles. The van der Waals surface area contributed by atoms with E-state index in [-0.39, 0.29) is 11.5 Å². The first-order valence-corrected chi connectivity index (χ1v) is 10.8. The molecule has 2 aliphatic rings. The molecule has 1 aliphatic heterocycles. The highest BCUT2D eigenvalue weighted by atomic mass is 79.9. The van der Waals surface area contributed by atoms with Gasteiger partial charge in [0.05, 0.1) is 0 Å². The van der Waals surface area contributed by atoms with Crippen molar-refractivity contribution in [2.24, 2.45) is 5.92 Å². The second kappa shape index (κ2) is 8.28. The number of hydrogen-bond donors (Lipinski definition) is 0. The van der Waals surface area contributed by atoms with Gasteiger partial charge in [-0.05, 0) is 62.8 Å². The van der Waals surface area contributed by atoms with Crippen LogP contribution in [0.3, 0.4) is 0 Å². The topological polar surface area (TPSA) is 29.5 Å². The molecule has 1 aromatic rings. The van der Waals surface area contributed by atoms with E-state index in [0.717, 1.165) is 17.3 Å². The maximum absolute atomic E-state index is 12.5. The predicted octanol–water partition coefficient (Wildman–Crippen LogP) is 6.41. The van der Waals surface area contributed by atoms with Crippen molar-refractivity contribution in [2.75, 3.05) is 13.1 Å². The summed E-state index contributed by atoms with van der Waals surface area (Å²) in [6.07, 6.45) is 12.7. The van der Waals surface area contributed by atoms with Gasteiger partial charge in [-0.25, -0.2) is 4.79 Å². The van der Waals surface area contributed by atoms with E-state index in [4.69, 9.17) is 4.74 Å². The van der Waals surface area contributed by atoms with Crippen LogP contribution in [0.2, 0.25) is 0 Å². The first kappa shape index (κ1) is 20.9. The molecule has 1 amide bonds. The molecule has 0 N–H and O–H groups in total. The lowest BCUT2D eigenvalue weighted by Gasteiger charge is -2.43. The number of rotatable bonds is 2. The standard InChI is InChI=1S/C24H30BrNO2/c1-18-6-5-7-19(9-8-18)24(20-10-12-21(25)13-11-20)14-16-26(17-15-24)22(27)28-23(2,3)4/h5-13,18H,14-17H2,1-4H3. The lowest BCUT2D eigenvalue weighted by atomic mass is 9.67. The van der Waals surface area contributed by atoms with Gasteiger partial charge in [0.15, 0.2) is 0 Å². The molecule has 1 saturated heterocycles. The molecular weight excluding hydrogens is 414 g/mol. The molecule has 1 aliphatic carbocycles. The van der Waals surface area contributed by atoms with E-state index < -0.39 is 5.60 Å². The van der Waals surface area contributed by atoms with Crippen LogP contribution in [-0.2, 0) is 10.2 Å². The van der Waals surface area contributed by atoms with Gasteiger partial charge in [-0.1, -0.05) is 65.4 Å². The zero-order valence-electron chi connectivity index (χ0n) is 17.2. The third-order valence-corrected chi connectivity index (χ3v) is 6.02. The summed E-state index contributed by atoms with van der Waals surface area (Å²) in [5.41, 5.74) is 2.06. The SMILES string of the molecule is CC1C=CC=C(C2(c3ccc(Br)cc3)CCN(C(=O)OC(C)(C)C)CC2)C=C1. The minimum atomic E-state index is -0.467. The molecule has 1 atom stereocenters. The van der Waals surface area contributed by atoms with Crippen molar-refractivity contribution >= 4 is 22.0 Å². The highest BCUT2D eigenvalue weighted by Crippen LogP contribution is 2.43. The number of carbonyl (C=O) groups is 1. The van der Waals surface area contributed by atoms with Gasteiger partial charge >= 0.3 is 6.09 Å². The molecule has 4 heteroatoms. The molecule has 0 spiro atoms. The highest BCUT2D eigenvalue weighted by Gasteiger charge is 2.40. The van der Waals surface area contributed by atoms with Gasteiger partial charge in [0, 0.05) is 23.0 Å². The van der Waals surface area contributed by atoms with E-state index >= 15 is 0 Å². The van der Waals surface area contributed by atoms with Gasteiger partial charge in [-0.15, -0.1) is 0 Å². The van der Waals surface area contributed by atoms with Gasteiger partial charge in [-0.2, -0.15) is 0 Å². The molecule has 0 saturated carbocycles. The van der Waals surface area contributed by atoms with Crippen LogP contribution in [0.15, 0.2) is 64.7 Å². The van der Waals surface area contributed by atoms with Gasteiger partial charge < -0.3 is 9.64 Å². The van der Waals surface area contributed by atoms with Crippen LogP contribution in [-0.4, -0.2) is 29.7 Å². The summed E-state index contributed by atoms with van der Waals surface area (Å²) in [5.74, 6) is 0.428. The fourth-order valence-electron chi connectivity index (χ4n) is 3.94. The largest absolute Gasteiger partial charge is 0.444 e. The number of hydrogen-bond acceptors (Lipinski definition) is 2. The number of benzene rings is 1. The Morgan fingerprint density at radius 2 is 1.79 bits per heavy atom. The van der Waals surface area contributed by atoms with E-state index in [1.807, 2.05) is 25.7 Å². The third-order valence-electron chi connectivity index (χ3n) is 5.49. The van der Waals surface area contributed by atoms with Crippen LogP contribution < -0.4 is 0 Å². The normalized spacial score (nSPS) is 21.8. The second-order valence-electron chi connectivity index (χ2n) is 8.78. The Morgan fingerprint density at radius 3 is 2.39 bits per heavy atom. The van der Waals surface area contributed by atoms with E-state index in [2.05, 4.69) is 77.5 Å². The fourth-order valence-corrected chi connectivity index (χ4v) is 4.20. The number of halogens is 1. The van der Waals surface area contributed by atoms with Crippen molar-refractivity contribution in [3.8, 4) is 0 Å². The summed E-state index contributed by atoms with van der Waals surface area (Å²) in [5, 5.41) is 0. The van der Waals surface area contributed by atoms with Crippen LogP contribution in [0.4, 0.5) is 4.79 Å². The first-order valence-electron chi connectivity index (χ1n) is 10.0. The van der Waals surface area contributed by atoms with Crippen molar-refractivity contribution < 1.29 is 9.53 Å². The lowest BCUT2D eigenvalue weighted by Crippen LogP contribution is -2.47. The zero-order valence-corrected chi connectivity index (χ0v) is 18.8. The average molecular weight is 444 g/mol.